The van der Waals surface area contributed by atoms with E-state index in [9.17, 15) is 9.90 Å². The van der Waals surface area contributed by atoms with Crippen LogP contribution in [0.2, 0.25) is 5.02 Å². The van der Waals surface area contributed by atoms with Crippen molar-refractivity contribution in [2.75, 3.05) is 18.0 Å². The van der Waals surface area contributed by atoms with Gasteiger partial charge in [-0.05, 0) is 56.5 Å². The molecule has 2 N–H and O–H groups in total. The van der Waals surface area contributed by atoms with Crippen LogP contribution in [0, 0.1) is 5.41 Å². The van der Waals surface area contributed by atoms with Gasteiger partial charge in [-0.1, -0.05) is 23.8 Å². The van der Waals surface area contributed by atoms with E-state index in [1.807, 2.05) is 49.7 Å². The van der Waals surface area contributed by atoms with Gasteiger partial charge in [-0.2, -0.15) is 0 Å². The molecule has 2 aliphatic heterocycles. The number of imidazole rings is 1. The van der Waals surface area contributed by atoms with E-state index in [4.69, 9.17) is 11.6 Å². The molecular formula is C25H24ClN5O2. The normalized spacial score (nSPS) is 18.1. The van der Waals surface area contributed by atoms with Gasteiger partial charge >= 0.3 is 5.97 Å². The number of piperidine rings is 1. The van der Waals surface area contributed by atoms with Crippen LogP contribution in [-0.2, 0) is 4.79 Å². The molecular weight excluding hydrogens is 438 g/mol. The van der Waals surface area contributed by atoms with Crippen LogP contribution in [0.15, 0.2) is 53.7 Å². The van der Waals surface area contributed by atoms with E-state index in [0.29, 0.717) is 31.0 Å². The Morgan fingerprint density at radius 3 is 2.73 bits per heavy atom. The molecule has 4 heterocycles. The predicted molar refractivity (Wildman–Crippen MR) is 132 cm³/mol. The minimum absolute atomic E-state index is 0.615. The van der Waals surface area contributed by atoms with E-state index in [1.165, 1.54) is 0 Å². The van der Waals surface area contributed by atoms with Crippen LogP contribution in [-0.4, -0.2) is 45.3 Å². The third-order valence-electron chi connectivity index (χ3n) is 6.46. The van der Waals surface area contributed by atoms with Crippen LogP contribution < -0.4 is 4.90 Å². The van der Waals surface area contributed by atoms with Crippen molar-refractivity contribution in [3.63, 3.8) is 0 Å². The lowest BCUT2D eigenvalue weighted by Gasteiger charge is -2.37. The van der Waals surface area contributed by atoms with E-state index in [2.05, 4.69) is 37.0 Å². The quantitative estimate of drug-likeness (QED) is 0.556. The first-order chi connectivity index (χ1) is 15.9. The average molecular weight is 462 g/mol. The number of aromatic nitrogens is 3. The molecule has 0 unspecified atom stereocenters. The number of carboxylic acid groups (broad SMARTS) is 1. The number of H-pyrrole nitrogens is 1. The number of anilines is 1. The van der Waals surface area contributed by atoms with Crippen molar-refractivity contribution in [3.05, 3.63) is 65.1 Å². The van der Waals surface area contributed by atoms with Crippen LogP contribution in [0.3, 0.4) is 0 Å². The van der Waals surface area contributed by atoms with Gasteiger partial charge in [-0.25, -0.2) is 9.97 Å². The summed E-state index contributed by atoms with van der Waals surface area (Å²) in [6.07, 6.45) is 9.77. The number of nitrogens with one attached hydrogen (secondary N) is 1. The van der Waals surface area contributed by atoms with Gasteiger partial charge in [0.1, 0.15) is 11.6 Å². The second kappa shape index (κ2) is 8.48. The maximum absolute atomic E-state index is 11.5. The summed E-state index contributed by atoms with van der Waals surface area (Å²) < 4.78 is 0. The first kappa shape index (κ1) is 21.4. The van der Waals surface area contributed by atoms with E-state index in [0.717, 1.165) is 45.9 Å². The van der Waals surface area contributed by atoms with Crippen LogP contribution >= 0.6 is 11.6 Å². The van der Waals surface area contributed by atoms with Crippen LogP contribution in [0.4, 0.5) is 5.82 Å². The highest BCUT2D eigenvalue weighted by Crippen LogP contribution is 2.33. The lowest BCUT2D eigenvalue weighted by Crippen LogP contribution is -2.43. The molecule has 7 nitrogen and oxygen atoms in total. The van der Waals surface area contributed by atoms with Crippen molar-refractivity contribution >= 4 is 51.9 Å². The molecule has 0 aliphatic carbocycles. The Morgan fingerprint density at radius 2 is 2.00 bits per heavy atom. The van der Waals surface area contributed by atoms with Crippen LogP contribution in [0.5, 0.6) is 0 Å². The molecule has 1 saturated heterocycles. The summed E-state index contributed by atoms with van der Waals surface area (Å²) in [6, 6.07) is 9.59. The fraction of sp³-hybridized carbons (Fsp3) is 0.280. The van der Waals surface area contributed by atoms with Gasteiger partial charge in [0.2, 0.25) is 0 Å². The summed E-state index contributed by atoms with van der Waals surface area (Å²) in [5.41, 5.74) is 3.83. The molecule has 0 radical (unpaired) electrons. The summed E-state index contributed by atoms with van der Waals surface area (Å²) >= 11 is 6.08. The van der Waals surface area contributed by atoms with E-state index < -0.39 is 11.4 Å². The standard InChI is InChI=1S/C25H24ClN5O2/c1-25(24(32)33)9-11-31(12-10-25)22-8-5-16(14-28-22)19-4-2-3-17(15-27-19)23-29-20-7-6-18(26)13-21(20)30-23/h3-8,13-15H,2,9-12H2,1H3,(H,29,30)(H,32,33). The highest BCUT2D eigenvalue weighted by molar-refractivity contribution is 6.31. The average Bonchev–Trinajstić information content (AvgIpc) is 3.07. The van der Waals surface area contributed by atoms with Gasteiger partial charge in [0, 0.05) is 41.7 Å². The molecule has 5 rings (SSSR count). The first-order valence-electron chi connectivity index (χ1n) is 11.0. The Bertz CT molecular complexity index is 1300. The number of hydrogen-bond acceptors (Lipinski definition) is 5. The highest BCUT2D eigenvalue weighted by Gasteiger charge is 2.37. The molecule has 0 saturated carbocycles. The van der Waals surface area contributed by atoms with Crippen molar-refractivity contribution < 1.29 is 9.90 Å². The number of carbonyl (C=O) groups is 1. The van der Waals surface area contributed by atoms with Gasteiger partial charge in [0.15, 0.2) is 0 Å². The monoisotopic (exact) mass is 461 g/mol. The number of carboxylic acids is 1. The number of hydrogen-bond donors (Lipinski definition) is 2. The van der Waals surface area contributed by atoms with Crippen molar-refractivity contribution in [1.29, 1.82) is 0 Å². The molecule has 168 valence electrons. The topological polar surface area (TPSA) is 94.5 Å². The Balaban J connectivity index is 1.28. The SMILES string of the molecule is CC1(C(=O)O)CCN(c2ccc(C3=CCC=C(c4nc5ccc(Cl)cc5[nH]4)C=N3)cn2)CC1. The number of aliphatic carboxylic acids is 1. The molecule has 0 atom stereocenters. The number of allylic oxidation sites excluding steroid dienone is 3. The number of halogens is 1. The molecule has 2 aromatic heterocycles. The Labute approximate surface area is 196 Å². The number of fused-ring (bicyclic) bond motifs is 1. The predicted octanol–water partition coefficient (Wildman–Crippen LogP) is 5.20. The van der Waals surface area contributed by atoms with Crippen LogP contribution in [0.1, 0.15) is 37.6 Å². The Morgan fingerprint density at radius 1 is 1.18 bits per heavy atom. The Hall–Kier alpha value is -3.45. The van der Waals surface area contributed by atoms with Crippen molar-refractivity contribution in [3.8, 4) is 0 Å². The fourth-order valence-corrected chi connectivity index (χ4v) is 4.35. The number of aromatic amines is 1. The number of rotatable bonds is 4. The zero-order chi connectivity index (χ0) is 23.0. The molecule has 0 amide bonds. The van der Waals surface area contributed by atoms with Gasteiger partial charge < -0.3 is 15.0 Å². The minimum Gasteiger partial charge on any atom is -0.481 e. The van der Waals surface area contributed by atoms with E-state index in [-0.39, 0.29) is 0 Å². The van der Waals surface area contributed by atoms with Crippen LogP contribution in [0.25, 0.3) is 22.3 Å². The highest BCUT2D eigenvalue weighted by atomic mass is 35.5. The van der Waals surface area contributed by atoms with Crippen molar-refractivity contribution in [1.82, 2.24) is 15.0 Å². The lowest BCUT2D eigenvalue weighted by atomic mass is 9.80. The summed E-state index contributed by atoms with van der Waals surface area (Å²) in [5.74, 6) is 0.907. The van der Waals surface area contributed by atoms with Crippen molar-refractivity contribution in [2.45, 2.75) is 26.2 Å². The number of nitrogens with zero attached hydrogens (tertiary/aromatic N) is 4. The molecule has 8 heteroatoms. The molecule has 1 aromatic carbocycles. The largest absolute Gasteiger partial charge is 0.481 e. The van der Waals surface area contributed by atoms with Gasteiger partial charge in [0.05, 0.1) is 22.1 Å². The minimum atomic E-state index is -0.719. The summed E-state index contributed by atoms with van der Waals surface area (Å²) in [5, 5.41) is 10.1. The third-order valence-corrected chi connectivity index (χ3v) is 6.70. The zero-order valence-corrected chi connectivity index (χ0v) is 19.0. The van der Waals surface area contributed by atoms with E-state index >= 15 is 0 Å². The maximum atomic E-state index is 11.5. The number of pyridine rings is 1. The Kier molecular flexibility index (Phi) is 5.50. The molecule has 3 aromatic rings. The zero-order valence-electron chi connectivity index (χ0n) is 18.3. The second-order valence-electron chi connectivity index (χ2n) is 8.75. The molecule has 0 bridgehead atoms. The van der Waals surface area contributed by atoms with Gasteiger partial charge in [-0.3, -0.25) is 9.79 Å². The van der Waals surface area contributed by atoms with E-state index in [1.54, 1.807) is 0 Å². The lowest BCUT2D eigenvalue weighted by molar-refractivity contribution is -0.149. The van der Waals surface area contributed by atoms with Crippen molar-refractivity contribution in [2.24, 2.45) is 10.4 Å². The third kappa shape index (κ3) is 4.28. The van der Waals surface area contributed by atoms with Gasteiger partial charge in [0.25, 0.3) is 0 Å². The first-order valence-corrected chi connectivity index (χ1v) is 11.3. The van der Waals surface area contributed by atoms with Gasteiger partial charge in [-0.15, -0.1) is 0 Å². The fourth-order valence-electron chi connectivity index (χ4n) is 4.18. The second-order valence-corrected chi connectivity index (χ2v) is 9.18. The number of benzene rings is 1. The smallest absolute Gasteiger partial charge is 0.309 e. The molecule has 2 aliphatic rings. The maximum Gasteiger partial charge on any atom is 0.309 e. The molecule has 1 fully saturated rings. The summed E-state index contributed by atoms with van der Waals surface area (Å²) in [6.45, 7) is 3.19. The number of aliphatic imine (C=N–C) groups is 1. The summed E-state index contributed by atoms with van der Waals surface area (Å²) in [4.78, 5) is 30.9. The molecule has 0 spiro atoms. The summed E-state index contributed by atoms with van der Waals surface area (Å²) in [7, 11) is 0. The molecule has 33 heavy (non-hydrogen) atoms.